The molecule has 1 aliphatic heterocycles. The van der Waals surface area contributed by atoms with Crippen molar-refractivity contribution in [3.05, 3.63) is 58.9 Å². The zero-order valence-electron chi connectivity index (χ0n) is 16.0. The maximum Gasteiger partial charge on any atom is 0.263 e. The van der Waals surface area contributed by atoms with E-state index in [2.05, 4.69) is 15.1 Å². The fourth-order valence-electron chi connectivity index (χ4n) is 3.26. The van der Waals surface area contributed by atoms with Crippen LogP contribution in [0.15, 0.2) is 53.9 Å². The van der Waals surface area contributed by atoms with Crippen LogP contribution in [0.1, 0.15) is 6.92 Å². The molecule has 3 heterocycles. The first kappa shape index (κ1) is 19.7. The van der Waals surface area contributed by atoms with Gasteiger partial charge in [0.25, 0.3) is 5.91 Å². The summed E-state index contributed by atoms with van der Waals surface area (Å²) in [7, 11) is 0. The Hall–Kier alpha value is -2.64. The monoisotopic (exact) mass is 428 g/mol. The predicted molar refractivity (Wildman–Crippen MR) is 116 cm³/mol. The number of benzene rings is 1. The van der Waals surface area contributed by atoms with Crippen LogP contribution in [-0.4, -0.2) is 53.3 Å². The van der Waals surface area contributed by atoms with Gasteiger partial charge in [0.2, 0.25) is 0 Å². The van der Waals surface area contributed by atoms with Gasteiger partial charge in [-0.15, -0.1) is 21.5 Å². The van der Waals surface area contributed by atoms with Crippen molar-refractivity contribution in [2.24, 2.45) is 0 Å². The minimum absolute atomic E-state index is 0.0243. The van der Waals surface area contributed by atoms with Crippen LogP contribution in [0.4, 0.5) is 5.82 Å². The number of hydrogen-bond donors (Lipinski definition) is 0. The molecule has 1 aromatic carbocycles. The normalized spacial score (nSPS) is 15.2. The van der Waals surface area contributed by atoms with Crippen LogP contribution >= 0.6 is 22.9 Å². The topological polar surface area (TPSA) is 58.6 Å². The fourth-order valence-corrected chi connectivity index (χ4v) is 4.13. The summed E-state index contributed by atoms with van der Waals surface area (Å²) in [6, 6.07) is 15.1. The number of thiophene rings is 1. The van der Waals surface area contributed by atoms with Gasteiger partial charge in [-0.1, -0.05) is 23.7 Å². The van der Waals surface area contributed by atoms with Crippen LogP contribution < -0.4 is 9.64 Å². The number of carbonyl (C=O) groups is 1. The number of carbonyl (C=O) groups excluding carboxylic acids is 1. The van der Waals surface area contributed by atoms with Gasteiger partial charge < -0.3 is 14.5 Å². The van der Waals surface area contributed by atoms with E-state index >= 15 is 0 Å². The minimum Gasteiger partial charge on any atom is -0.481 e. The first-order chi connectivity index (χ1) is 14.1. The molecule has 0 N–H and O–H groups in total. The molecule has 1 amide bonds. The van der Waals surface area contributed by atoms with Crippen LogP contribution in [0.25, 0.3) is 10.6 Å². The van der Waals surface area contributed by atoms with Gasteiger partial charge in [0.05, 0.1) is 4.88 Å². The number of anilines is 1. The Morgan fingerprint density at radius 3 is 2.59 bits per heavy atom. The van der Waals surface area contributed by atoms with Gasteiger partial charge in [-0.25, -0.2) is 0 Å². The van der Waals surface area contributed by atoms with E-state index < -0.39 is 6.10 Å². The second-order valence-corrected chi connectivity index (χ2v) is 8.17. The zero-order chi connectivity index (χ0) is 20.2. The molecule has 0 radical (unpaired) electrons. The van der Waals surface area contributed by atoms with Crippen molar-refractivity contribution in [2.75, 3.05) is 31.1 Å². The molecule has 2 aromatic heterocycles. The van der Waals surface area contributed by atoms with E-state index in [0.29, 0.717) is 37.0 Å². The second-order valence-electron chi connectivity index (χ2n) is 6.78. The fraction of sp³-hybridized carbons (Fsp3) is 0.286. The molecule has 0 spiro atoms. The van der Waals surface area contributed by atoms with Crippen molar-refractivity contribution >= 4 is 34.7 Å². The lowest BCUT2D eigenvalue weighted by molar-refractivity contribution is -0.138. The molecule has 1 aliphatic rings. The Labute approximate surface area is 178 Å². The van der Waals surface area contributed by atoms with E-state index in [1.807, 2.05) is 34.5 Å². The third kappa shape index (κ3) is 4.68. The maximum absolute atomic E-state index is 12.7. The van der Waals surface area contributed by atoms with E-state index in [9.17, 15) is 4.79 Å². The lowest BCUT2D eigenvalue weighted by Gasteiger charge is -2.36. The summed E-state index contributed by atoms with van der Waals surface area (Å²) >= 11 is 7.62. The molecule has 29 heavy (non-hydrogen) atoms. The van der Waals surface area contributed by atoms with E-state index in [-0.39, 0.29) is 5.91 Å². The molecule has 6 nitrogen and oxygen atoms in total. The first-order valence-corrected chi connectivity index (χ1v) is 10.7. The average Bonchev–Trinajstić information content (AvgIpc) is 3.28. The quantitative estimate of drug-likeness (QED) is 0.615. The molecule has 0 saturated carbocycles. The number of aromatic nitrogens is 2. The molecule has 8 heteroatoms. The van der Waals surface area contributed by atoms with Crippen molar-refractivity contribution in [2.45, 2.75) is 13.0 Å². The van der Waals surface area contributed by atoms with Gasteiger partial charge in [0.1, 0.15) is 11.4 Å². The Morgan fingerprint density at radius 2 is 1.93 bits per heavy atom. The molecule has 1 unspecified atom stereocenters. The Morgan fingerprint density at radius 1 is 1.10 bits per heavy atom. The number of amides is 1. The van der Waals surface area contributed by atoms with Gasteiger partial charge in [0.15, 0.2) is 11.9 Å². The van der Waals surface area contributed by atoms with Gasteiger partial charge >= 0.3 is 0 Å². The highest BCUT2D eigenvalue weighted by Crippen LogP contribution is 2.24. The molecule has 1 saturated heterocycles. The number of rotatable bonds is 5. The summed E-state index contributed by atoms with van der Waals surface area (Å²) in [5, 5.41) is 11.3. The third-order valence-electron chi connectivity index (χ3n) is 4.80. The Balaban J connectivity index is 1.32. The van der Waals surface area contributed by atoms with E-state index in [0.717, 1.165) is 16.4 Å². The van der Waals surface area contributed by atoms with Crippen LogP contribution in [-0.2, 0) is 4.79 Å². The smallest absolute Gasteiger partial charge is 0.263 e. The van der Waals surface area contributed by atoms with Crippen LogP contribution in [0, 0.1) is 0 Å². The minimum atomic E-state index is -0.565. The van der Waals surface area contributed by atoms with Crippen molar-refractivity contribution in [1.82, 2.24) is 15.1 Å². The Kier molecular flexibility index (Phi) is 5.97. The molecule has 1 fully saturated rings. The Bertz CT molecular complexity index is 957. The highest BCUT2D eigenvalue weighted by Gasteiger charge is 2.26. The van der Waals surface area contributed by atoms with E-state index in [1.165, 1.54) is 0 Å². The lowest BCUT2D eigenvalue weighted by atomic mass is 10.2. The summed E-state index contributed by atoms with van der Waals surface area (Å²) in [6.07, 6.45) is -0.565. The highest BCUT2D eigenvalue weighted by atomic mass is 35.5. The van der Waals surface area contributed by atoms with Crippen molar-refractivity contribution in [3.63, 3.8) is 0 Å². The molecular weight excluding hydrogens is 408 g/mol. The molecule has 4 rings (SSSR count). The van der Waals surface area contributed by atoms with Crippen molar-refractivity contribution in [3.8, 4) is 16.3 Å². The first-order valence-electron chi connectivity index (χ1n) is 9.44. The highest BCUT2D eigenvalue weighted by molar-refractivity contribution is 7.13. The van der Waals surface area contributed by atoms with E-state index in [4.69, 9.17) is 16.3 Å². The lowest BCUT2D eigenvalue weighted by Crippen LogP contribution is -2.52. The van der Waals surface area contributed by atoms with Gasteiger partial charge in [-0.3, -0.25) is 4.79 Å². The molecule has 0 aliphatic carbocycles. The molecule has 3 aromatic rings. The summed E-state index contributed by atoms with van der Waals surface area (Å²) in [5.74, 6) is 1.41. The number of nitrogens with zero attached hydrogens (tertiary/aromatic N) is 4. The zero-order valence-corrected chi connectivity index (χ0v) is 17.6. The summed E-state index contributed by atoms with van der Waals surface area (Å²) < 4.78 is 5.76. The summed E-state index contributed by atoms with van der Waals surface area (Å²) in [5.41, 5.74) is 0.879. The van der Waals surface area contributed by atoms with Gasteiger partial charge in [0, 0.05) is 31.2 Å². The molecule has 0 bridgehead atoms. The third-order valence-corrected chi connectivity index (χ3v) is 5.92. The average molecular weight is 429 g/mol. The predicted octanol–water partition coefficient (Wildman–Crippen LogP) is 3.97. The number of ether oxygens (including phenoxy) is 1. The second kappa shape index (κ2) is 8.80. The molecule has 1 atom stereocenters. The maximum atomic E-state index is 12.7. The van der Waals surface area contributed by atoms with Crippen LogP contribution in [0.3, 0.4) is 0 Å². The standard InChI is InChI=1S/C21H21ClN4O2S/c1-15(28-17-5-2-4-16(22)14-17)21(27)26-11-9-25(10-12-26)20-8-7-18(23-24-20)19-6-3-13-29-19/h2-8,13-15H,9-12H2,1H3. The number of piperazine rings is 1. The van der Waals surface area contributed by atoms with Crippen molar-refractivity contribution in [1.29, 1.82) is 0 Å². The van der Waals surface area contributed by atoms with Crippen LogP contribution in [0.2, 0.25) is 5.02 Å². The van der Waals surface area contributed by atoms with Gasteiger partial charge in [-0.2, -0.15) is 0 Å². The van der Waals surface area contributed by atoms with E-state index in [1.54, 1.807) is 42.5 Å². The molecular formula is C21H21ClN4O2S. The summed E-state index contributed by atoms with van der Waals surface area (Å²) in [6.45, 7) is 4.43. The SMILES string of the molecule is CC(Oc1cccc(Cl)c1)C(=O)N1CCN(c2ccc(-c3cccs3)nn2)CC1. The van der Waals surface area contributed by atoms with Crippen molar-refractivity contribution < 1.29 is 9.53 Å². The van der Waals surface area contributed by atoms with Gasteiger partial charge in [-0.05, 0) is 48.7 Å². The summed E-state index contributed by atoms with van der Waals surface area (Å²) in [4.78, 5) is 17.8. The molecule has 150 valence electrons. The largest absolute Gasteiger partial charge is 0.481 e. The number of hydrogen-bond acceptors (Lipinski definition) is 6. The van der Waals surface area contributed by atoms with Crippen LogP contribution in [0.5, 0.6) is 5.75 Å². The number of halogens is 1.